The number of hydrogen-bond donors (Lipinski definition) is 0. The van der Waals surface area contributed by atoms with Crippen LogP contribution in [0.15, 0.2) is 47.6 Å². The molecule has 6 heteroatoms. The zero-order valence-corrected chi connectivity index (χ0v) is 15.7. The highest BCUT2D eigenvalue weighted by atomic mass is 32.2. The summed E-state index contributed by atoms with van der Waals surface area (Å²) in [4.78, 5) is 26.2. The molecule has 1 aromatic carbocycles. The molecule has 27 heavy (non-hydrogen) atoms. The van der Waals surface area contributed by atoms with Gasteiger partial charge in [-0.1, -0.05) is 23.7 Å². The van der Waals surface area contributed by atoms with Crippen molar-refractivity contribution in [2.45, 2.75) is 13.5 Å². The Morgan fingerprint density at radius 3 is 2.85 bits per heavy atom. The summed E-state index contributed by atoms with van der Waals surface area (Å²) in [5, 5.41) is -0.0647. The Morgan fingerprint density at radius 1 is 1.30 bits per heavy atom. The van der Waals surface area contributed by atoms with Crippen LogP contribution in [0, 0.1) is 19.3 Å². The summed E-state index contributed by atoms with van der Waals surface area (Å²) in [5.74, 6) is 3.43. The number of rotatable bonds is 2. The van der Waals surface area contributed by atoms with Crippen LogP contribution in [0.25, 0.3) is 5.69 Å². The van der Waals surface area contributed by atoms with Crippen LogP contribution in [0.2, 0.25) is 0 Å². The minimum Gasteiger partial charge on any atom is -0.298 e. The molecule has 0 atom stereocenters. The summed E-state index contributed by atoms with van der Waals surface area (Å²) in [6.45, 7) is 2.24. The average Bonchev–Trinajstić information content (AvgIpc) is 2.94. The molecule has 0 spiro atoms. The number of aliphatic imine (C=N–C) groups is 1. The molecule has 1 aliphatic rings. The van der Waals surface area contributed by atoms with E-state index in [2.05, 4.69) is 15.9 Å². The Bertz CT molecular complexity index is 1120. The molecule has 0 aliphatic carbocycles. The van der Waals surface area contributed by atoms with Crippen molar-refractivity contribution in [2.24, 2.45) is 4.99 Å². The van der Waals surface area contributed by atoms with Gasteiger partial charge in [0, 0.05) is 17.3 Å². The van der Waals surface area contributed by atoms with E-state index in [1.165, 1.54) is 0 Å². The van der Waals surface area contributed by atoms with E-state index < -0.39 is 0 Å². The number of carbonyl (C=O) groups is 1. The second-order valence-corrected chi connectivity index (χ2v) is 6.82. The quantitative estimate of drug-likeness (QED) is 0.647. The van der Waals surface area contributed by atoms with Gasteiger partial charge in [-0.15, -0.1) is 6.42 Å². The zero-order chi connectivity index (χ0) is 19.0. The SMILES string of the molecule is C#Cc1ccc2c(c1)C(c1ccccn1)=NCc1c(C(=O)SC)nc(C)n1-2. The zero-order valence-electron chi connectivity index (χ0n) is 14.9. The first-order chi connectivity index (χ1) is 13.1. The maximum atomic E-state index is 12.4. The van der Waals surface area contributed by atoms with Crippen LogP contribution in [0.4, 0.5) is 0 Å². The number of carbonyl (C=O) groups excluding carboxylic acids is 1. The Labute approximate surface area is 161 Å². The van der Waals surface area contributed by atoms with E-state index in [0.717, 1.165) is 51.5 Å². The van der Waals surface area contributed by atoms with Crippen molar-refractivity contribution in [2.75, 3.05) is 6.26 Å². The highest BCUT2D eigenvalue weighted by Gasteiger charge is 2.26. The molecule has 0 radical (unpaired) electrons. The number of nitrogens with zero attached hydrogens (tertiary/aromatic N) is 4. The molecular formula is C21H16N4OS. The molecule has 5 nitrogen and oxygen atoms in total. The van der Waals surface area contributed by atoms with Gasteiger partial charge in [-0.25, -0.2) is 4.98 Å². The molecule has 0 saturated heterocycles. The van der Waals surface area contributed by atoms with E-state index in [4.69, 9.17) is 11.4 Å². The fraction of sp³-hybridized carbons (Fsp3) is 0.143. The van der Waals surface area contributed by atoms with Crippen molar-refractivity contribution in [3.8, 4) is 18.0 Å². The van der Waals surface area contributed by atoms with Crippen molar-refractivity contribution in [1.29, 1.82) is 0 Å². The molecule has 0 saturated carbocycles. The van der Waals surface area contributed by atoms with Crippen molar-refractivity contribution < 1.29 is 4.79 Å². The highest BCUT2D eigenvalue weighted by molar-refractivity contribution is 8.13. The summed E-state index contributed by atoms with van der Waals surface area (Å²) in [6.07, 6.45) is 9.12. The molecular weight excluding hydrogens is 356 g/mol. The van der Waals surface area contributed by atoms with Crippen molar-refractivity contribution in [3.63, 3.8) is 0 Å². The third kappa shape index (κ3) is 2.86. The largest absolute Gasteiger partial charge is 0.298 e. The maximum Gasteiger partial charge on any atom is 0.239 e. The molecule has 3 heterocycles. The summed E-state index contributed by atoms with van der Waals surface area (Å²) in [7, 11) is 0. The van der Waals surface area contributed by atoms with Crippen LogP contribution in [-0.2, 0) is 6.54 Å². The monoisotopic (exact) mass is 372 g/mol. The number of aromatic nitrogens is 3. The lowest BCUT2D eigenvalue weighted by Gasteiger charge is -2.13. The van der Waals surface area contributed by atoms with Crippen LogP contribution >= 0.6 is 11.8 Å². The van der Waals surface area contributed by atoms with Gasteiger partial charge in [0.15, 0.2) is 0 Å². The van der Waals surface area contributed by atoms with Crippen LogP contribution in [-0.4, -0.2) is 31.6 Å². The fourth-order valence-corrected chi connectivity index (χ4v) is 3.63. The van der Waals surface area contributed by atoms with E-state index >= 15 is 0 Å². The average molecular weight is 372 g/mol. The van der Waals surface area contributed by atoms with Gasteiger partial charge >= 0.3 is 0 Å². The predicted molar refractivity (Wildman–Crippen MR) is 108 cm³/mol. The summed E-state index contributed by atoms with van der Waals surface area (Å²) in [6, 6.07) is 11.5. The van der Waals surface area contributed by atoms with Gasteiger partial charge in [-0.3, -0.25) is 19.3 Å². The maximum absolute atomic E-state index is 12.4. The minimum atomic E-state index is -0.0647. The number of thioether (sulfide) groups is 1. The van der Waals surface area contributed by atoms with Crippen LogP contribution in [0.5, 0.6) is 0 Å². The normalized spacial score (nSPS) is 12.4. The van der Waals surface area contributed by atoms with E-state index in [-0.39, 0.29) is 5.12 Å². The number of terminal acetylenes is 1. The molecule has 0 amide bonds. The molecule has 3 aromatic rings. The van der Waals surface area contributed by atoms with E-state index in [0.29, 0.717) is 12.2 Å². The van der Waals surface area contributed by atoms with Crippen LogP contribution in [0.1, 0.15) is 38.8 Å². The smallest absolute Gasteiger partial charge is 0.239 e. The molecule has 0 bridgehead atoms. The Morgan fingerprint density at radius 2 is 2.15 bits per heavy atom. The molecule has 1 aliphatic heterocycles. The number of fused-ring (bicyclic) bond motifs is 3. The van der Waals surface area contributed by atoms with E-state index in [1.54, 1.807) is 12.5 Å². The Kier molecular flexibility index (Phi) is 4.38. The Hall–Kier alpha value is -3.17. The standard InChI is InChI=1S/C21H16N4OS/c1-4-14-8-9-17-15(11-14)19(16-7-5-6-10-22-16)23-12-18-20(21(26)27-3)24-13(2)25(17)18/h1,5-11H,12H2,2-3H3. The topological polar surface area (TPSA) is 60.1 Å². The van der Waals surface area contributed by atoms with Gasteiger partial charge in [0.2, 0.25) is 5.12 Å². The molecule has 4 rings (SSSR count). The van der Waals surface area contributed by atoms with Gasteiger partial charge in [0.1, 0.15) is 11.5 Å². The van der Waals surface area contributed by atoms with Gasteiger partial charge in [-0.2, -0.15) is 0 Å². The number of pyridine rings is 1. The van der Waals surface area contributed by atoms with Gasteiger partial charge in [0.05, 0.1) is 29.3 Å². The first-order valence-corrected chi connectivity index (χ1v) is 9.60. The second kappa shape index (κ2) is 6.86. The summed E-state index contributed by atoms with van der Waals surface area (Å²) < 4.78 is 2.00. The number of hydrogen-bond acceptors (Lipinski definition) is 5. The first kappa shape index (κ1) is 17.3. The molecule has 132 valence electrons. The molecule has 0 N–H and O–H groups in total. The van der Waals surface area contributed by atoms with Crippen molar-refractivity contribution in [1.82, 2.24) is 14.5 Å². The summed E-state index contributed by atoms with van der Waals surface area (Å²) >= 11 is 1.15. The van der Waals surface area contributed by atoms with Crippen molar-refractivity contribution in [3.05, 3.63) is 76.6 Å². The minimum absolute atomic E-state index is 0.0647. The molecule has 0 unspecified atom stereocenters. The Balaban J connectivity index is 2.02. The first-order valence-electron chi connectivity index (χ1n) is 8.38. The van der Waals surface area contributed by atoms with E-state index in [9.17, 15) is 4.79 Å². The third-order valence-electron chi connectivity index (χ3n) is 4.47. The van der Waals surface area contributed by atoms with Crippen molar-refractivity contribution >= 4 is 22.6 Å². The van der Waals surface area contributed by atoms with Crippen LogP contribution in [0.3, 0.4) is 0 Å². The lowest BCUT2D eigenvalue weighted by molar-refractivity contribution is 0.108. The third-order valence-corrected chi connectivity index (χ3v) is 5.04. The van der Waals surface area contributed by atoms with E-state index in [1.807, 2.05) is 47.9 Å². The number of aryl methyl sites for hydroxylation is 1. The fourth-order valence-electron chi connectivity index (χ4n) is 3.27. The second-order valence-electron chi connectivity index (χ2n) is 6.04. The van der Waals surface area contributed by atoms with Gasteiger partial charge in [0.25, 0.3) is 0 Å². The number of benzene rings is 1. The predicted octanol–water partition coefficient (Wildman–Crippen LogP) is 3.41. The number of imidazole rings is 1. The van der Waals surface area contributed by atoms with Crippen LogP contribution < -0.4 is 0 Å². The lowest BCUT2D eigenvalue weighted by Crippen LogP contribution is -2.10. The lowest BCUT2D eigenvalue weighted by atomic mass is 10.0. The summed E-state index contributed by atoms with van der Waals surface area (Å²) in [5.41, 5.74) is 5.31. The molecule has 0 fully saturated rings. The molecule has 2 aromatic heterocycles. The highest BCUT2D eigenvalue weighted by Crippen LogP contribution is 2.29. The van der Waals surface area contributed by atoms with Gasteiger partial charge < -0.3 is 0 Å². The van der Waals surface area contributed by atoms with Gasteiger partial charge in [-0.05, 0) is 43.5 Å².